The lowest BCUT2D eigenvalue weighted by atomic mass is 10.0. The van der Waals surface area contributed by atoms with Crippen molar-refractivity contribution in [2.75, 3.05) is 0 Å². The molecule has 0 radical (unpaired) electrons. The fraction of sp³-hybridized carbons (Fsp3) is 0.389. The van der Waals surface area contributed by atoms with Crippen LogP contribution in [0.2, 0.25) is 0 Å². The lowest BCUT2D eigenvalue weighted by Gasteiger charge is -2.15. The molecule has 0 aliphatic carbocycles. The molecule has 21 heavy (non-hydrogen) atoms. The van der Waals surface area contributed by atoms with Crippen molar-refractivity contribution in [1.29, 1.82) is 0 Å². The maximum absolute atomic E-state index is 12.3. The summed E-state index contributed by atoms with van der Waals surface area (Å²) in [4.78, 5) is 12.3. The molecule has 2 rings (SSSR count). The Morgan fingerprint density at radius 3 is 2.43 bits per heavy atom. The first-order valence-electron chi connectivity index (χ1n) is 7.46. The molecule has 1 unspecified atom stereocenters. The molecule has 0 bridgehead atoms. The van der Waals surface area contributed by atoms with E-state index in [-0.39, 0.29) is 11.9 Å². The van der Waals surface area contributed by atoms with Crippen LogP contribution in [0, 0.1) is 5.92 Å². The smallest absolute Gasteiger partial charge is 0.251 e. The minimum absolute atomic E-state index is 0.0103. The Bertz CT molecular complexity index is 636. The van der Waals surface area contributed by atoms with Gasteiger partial charge in [0.05, 0.1) is 0 Å². The third kappa shape index (κ3) is 4.57. The number of nitrogens with one attached hydrogen (secondary N) is 1. The van der Waals surface area contributed by atoms with E-state index in [9.17, 15) is 4.79 Å². The minimum atomic E-state index is 0.0103. The normalized spacial score (nSPS) is 12.6. The van der Waals surface area contributed by atoms with Crippen LogP contribution in [-0.2, 0) is 0 Å². The monoisotopic (exact) mass is 347 g/mol. The molecule has 0 heterocycles. The first kappa shape index (κ1) is 16.0. The molecule has 0 aliphatic rings. The van der Waals surface area contributed by atoms with E-state index in [1.54, 1.807) is 0 Å². The number of hydrogen-bond donors (Lipinski definition) is 1. The van der Waals surface area contributed by atoms with Gasteiger partial charge in [-0.15, -0.1) is 0 Å². The molecule has 2 aromatic rings. The number of hydrogen-bond acceptors (Lipinski definition) is 1. The van der Waals surface area contributed by atoms with Gasteiger partial charge in [0, 0.05) is 16.1 Å². The van der Waals surface area contributed by atoms with Crippen LogP contribution in [0.1, 0.15) is 44.0 Å². The Hall–Kier alpha value is -1.35. The highest BCUT2D eigenvalue weighted by Crippen LogP contribution is 2.21. The molecule has 1 atom stereocenters. The summed E-state index contributed by atoms with van der Waals surface area (Å²) in [5, 5.41) is 5.30. The summed E-state index contributed by atoms with van der Waals surface area (Å²) in [6.07, 6.45) is 2.15. The number of carbonyl (C=O) groups excluding carboxylic acids is 1. The Kier molecular flexibility index (Phi) is 5.40. The zero-order valence-corrected chi connectivity index (χ0v) is 14.4. The number of halogens is 1. The molecule has 112 valence electrons. The van der Waals surface area contributed by atoms with Crippen LogP contribution in [0.3, 0.4) is 0 Å². The van der Waals surface area contributed by atoms with Crippen molar-refractivity contribution in [2.24, 2.45) is 5.92 Å². The zero-order valence-electron chi connectivity index (χ0n) is 12.8. The van der Waals surface area contributed by atoms with Gasteiger partial charge in [0.15, 0.2) is 0 Å². The standard InChI is InChI=1S/C18H22BrNO/c1-12(2)4-5-13(3)20-18(21)16-7-6-15-11-17(19)9-8-14(15)10-16/h6-13H,4-5H2,1-3H3,(H,20,21). The number of fused-ring (bicyclic) bond motifs is 1. The molecular formula is C18H22BrNO. The lowest BCUT2D eigenvalue weighted by molar-refractivity contribution is 0.0937. The highest BCUT2D eigenvalue weighted by atomic mass is 79.9. The molecule has 0 aromatic heterocycles. The number of carbonyl (C=O) groups is 1. The molecule has 1 amide bonds. The van der Waals surface area contributed by atoms with Crippen LogP contribution in [0.4, 0.5) is 0 Å². The molecule has 2 nitrogen and oxygen atoms in total. The van der Waals surface area contributed by atoms with E-state index in [2.05, 4.69) is 48.1 Å². The molecule has 0 fully saturated rings. The van der Waals surface area contributed by atoms with Crippen molar-refractivity contribution < 1.29 is 4.79 Å². The van der Waals surface area contributed by atoms with Crippen LogP contribution >= 0.6 is 15.9 Å². The molecule has 1 N–H and O–H groups in total. The summed E-state index contributed by atoms with van der Waals surface area (Å²) in [6.45, 7) is 6.48. The van der Waals surface area contributed by atoms with Gasteiger partial charge in [-0.2, -0.15) is 0 Å². The molecular weight excluding hydrogens is 326 g/mol. The highest BCUT2D eigenvalue weighted by molar-refractivity contribution is 9.10. The van der Waals surface area contributed by atoms with E-state index in [1.165, 1.54) is 0 Å². The van der Waals surface area contributed by atoms with Gasteiger partial charge in [-0.25, -0.2) is 0 Å². The van der Waals surface area contributed by atoms with Crippen LogP contribution in [0.25, 0.3) is 10.8 Å². The van der Waals surface area contributed by atoms with Gasteiger partial charge in [0.1, 0.15) is 0 Å². The van der Waals surface area contributed by atoms with Crippen LogP contribution in [0.15, 0.2) is 40.9 Å². The van der Waals surface area contributed by atoms with Crippen molar-refractivity contribution in [3.63, 3.8) is 0 Å². The van der Waals surface area contributed by atoms with E-state index in [4.69, 9.17) is 0 Å². The summed E-state index contributed by atoms with van der Waals surface area (Å²) in [5.41, 5.74) is 0.723. The zero-order chi connectivity index (χ0) is 15.4. The molecule has 0 spiro atoms. The highest BCUT2D eigenvalue weighted by Gasteiger charge is 2.10. The van der Waals surface area contributed by atoms with E-state index >= 15 is 0 Å². The summed E-state index contributed by atoms with van der Waals surface area (Å²) in [7, 11) is 0. The predicted octanol–water partition coefficient (Wildman–Crippen LogP) is 5.16. The van der Waals surface area contributed by atoms with E-state index in [0.29, 0.717) is 5.92 Å². The number of rotatable bonds is 5. The third-order valence-corrected chi connectivity index (χ3v) is 4.11. The predicted molar refractivity (Wildman–Crippen MR) is 92.6 cm³/mol. The van der Waals surface area contributed by atoms with Gasteiger partial charge >= 0.3 is 0 Å². The van der Waals surface area contributed by atoms with E-state index in [1.807, 2.05) is 30.3 Å². The summed E-state index contributed by atoms with van der Waals surface area (Å²) in [5.74, 6) is 0.680. The van der Waals surface area contributed by atoms with Crippen LogP contribution in [-0.4, -0.2) is 11.9 Å². The molecule has 3 heteroatoms. The van der Waals surface area contributed by atoms with Gasteiger partial charge < -0.3 is 5.32 Å². The van der Waals surface area contributed by atoms with E-state index in [0.717, 1.165) is 33.7 Å². The van der Waals surface area contributed by atoms with E-state index < -0.39 is 0 Å². The quantitative estimate of drug-likeness (QED) is 0.795. The Morgan fingerprint density at radius 1 is 1.05 bits per heavy atom. The third-order valence-electron chi connectivity index (χ3n) is 3.62. The Morgan fingerprint density at radius 2 is 1.71 bits per heavy atom. The first-order valence-corrected chi connectivity index (χ1v) is 8.25. The minimum Gasteiger partial charge on any atom is -0.350 e. The second kappa shape index (κ2) is 7.08. The van der Waals surface area contributed by atoms with Gasteiger partial charge in [-0.1, -0.05) is 41.9 Å². The largest absolute Gasteiger partial charge is 0.350 e. The summed E-state index contributed by atoms with van der Waals surface area (Å²) in [6, 6.07) is 12.1. The molecule has 0 aliphatic heterocycles. The average Bonchev–Trinajstić information content (AvgIpc) is 2.44. The molecule has 2 aromatic carbocycles. The second-order valence-electron chi connectivity index (χ2n) is 6.05. The van der Waals surface area contributed by atoms with Crippen molar-refractivity contribution in [3.8, 4) is 0 Å². The fourth-order valence-corrected chi connectivity index (χ4v) is 2.70. The maximum Gasteiger partial charge on any atom is 0.251 e. The lowest BCUT2D eigenvalue weighted by Crippen LogP contribution is -2.32. The van der Waals surface area contributed by atoms with Gasteiger partial charge in [-0.3, -0.25) is 4.79 Å². The van der Waals surface area contributed by atoms with Crippen LogP contribution < -0.4 is 5.32 Å². The maximum atomic E-state index is 12.3. The molecule has 0 saturated carbocycles. The summed E-state index contributed by atoms with van der Waals surface area (Å²) < 4.78 is 1.05. The van der Waals surface area contributed by atoms with Crippen molar-refractivity contribution in [1.82, 2.24) is 5.32 Å². The van der Waals surface area contributed by atoms with Crippen LogP contribution in [0.5, 0.6) is 0 Å². The topological polar surface area (TPSA) is 29.1 Å². The van der Waals surface area contributed by atoms with Crippen molar-refractivity contribution in [3.05, 3.63) is 46.4 Å². The Balaban J connectivity index is 2.07. The van der Waals surface area contributed by atoms with Gasteiger partial charge in [0.25, 0.3) is 5.91 Å². The molecule has 0 saturated heterocycles. The van der Waals surface area contributed by atoms with Gasteiger partial charge in [0.2, 0.25) is 0 Å². The Labute approximate surface area is 135 Å². The number of amides is 1. The summed E-state index contributed by atoms with van der Waals surface area (Å²) >= 11 is 3.46. The second-order valence-corrected chi connectivity index (χ2v) is 6.97. The van der Waals surface area contributed by atoms with Crippen molar-refractivity contribution in [2.45, 2.75) is 39.7 Å². The SMILES string of the molecule is CC(C)CCC(C)NC(=O)c1ccc2cc(Br)ccc2c1. The first-order chi connectivity index (χ1) is 9.95. The average molecular weight is 348 g/mol. The number of benzene rings is 2. The van der Waals surface area contributed by atoms with Gasteiger partial charge in [-0.05, 0) is 60.7 Å². The van der Waals surface area contributed by atoms with Crippen molar-refractivity contribution >= 4 is 32.6 Å². The fourth-order valence-electron chi connectivity index (χ4n) is 2.32.